The Morgan fingerprint density at radius 3 is 2.55 bits per heavy atom. The van der Waals surface area contributed by atoms with Crippen molar-refractivity contribution >= 4 is 11.7 Å². The van der Waals surface area contributed by atoms with Crippen LogP contribution in [0.5, 0.6) is 0 Å². The molecule has 2 N–H and O–H groups in total. The SMILES string of the molecule is C#Cc1cc(F)c(NC(=O)N2CCCC2C(C)(C)O)c(F)c1. The second-order valence-corrected chi connectivity index (χ2v) is 5.89. The normalized spacial score (nSPS) is 18.2. The van der Waals surface area contributed by atoms with Crippen LogP contribution in [-0.2, 0) is 0 Å². The first-order chi connectivity index (χ1) is 10.2. The molecule has 22 heavy (non-hydrogen) atoms. The zero-order chi connectivity index (χ0) is 16.5. The number of rotatable bonds is 2. The minimum absolute atomic E-state index is 0.0588. The third-order valence-electron chi connectivity index (χ3n) is 3.77. The molecule has 0 aromatic heterocycles. The largest absolute Gasteiger partial charge is 0.388 e. The van der Waals surface area contributed by atoms with Crippen molar-refractivity contribution in [1.82, 2.24) is 4.90 Å². The number of carbonyl (C=O) groups is 1. The van der Waals surface area contributed by atoms with E-state index in [0.29, 0.717) is 13.0 Å². The molecule has 1 fully saturated rings. The van der Waals surface area contributed by atoms with Gasteiger partial charge in [-0.1, -0.05) is 5.92 Å². The zero-order valence-corrected chi connectivity index (χ0v) is 12.5. The Bertz CT molecular complexity index is 609. The van der Waals surface area contributed by atoms with Crippen LogP contribution in [0.25, 0.3) is 0 Å². The molecule has 1 aromatic carbocycles. The fraction of sp³-hybridized carbons (Fsp3) is 0.438. The van der Waals surface area contributed by atoms with Gasteiger partial charge >= 0.3 is 6.03 Å². The molecule has 1 aliphatic heterocycles. The maximum absolute atomic E-state index is 13.9. The Hall–Kier alpha value is -2.13. The summed E-state index contributed by atoms with van der Waals surface area (Å²) in [5.74, 6) is 0.274. The Morgan fingerprint density at radius 1 is 1.45 bits per heavy atom. The van der Waals surface area contributed by atoms with E-state index in [2.05, 4.69) is 11.2 Å². The first kappa shape index (κ1) is 16.2. The van der Waals surface area contributed by atoms with Crippen LogP contribution < -0.4 is 5.32 Å². The molecule has 1 heterocycles. The van der Waals surface area contributed by atoms with Gasteiger partial charge in [0.2, 0.25) is 0 Å². The van der Waals surface area contributed by atoms with Crippen molar-refractivity contribution in [2.24, 2.45) is 0 Å². The molecule has 2 amide bonds. The topological polar surface area (TPSA) is 52.6 Å². The molecule has 1 saturated heterocycles. The third kappa shape index (κ3) is 3.20. The fourth-order valence-electron chi connectivity index (χ4n) is 2.70. The van der Waals surface area contributed by atoms with Crippen LogP contribution in [-0.4, -0.2) is 34.2 Å². The quantitative estimate of drug-likeness (QED) is 0.825. The number of anilines is 1. The molecule has 0 saturated carbocycles. The van der Waals surface area contributed by atoms with Gasteiger partial charge in [-0.25, -0.2) is 13.6 Å². The number of aliphatic hydroxyl groups is 1. The van der Waals surface area contributed by atoms with Crippen LogP contribution in [0.1, 0.15) is 32.3 Å². The highest BCUT2D eigenvalue weighted by Gasteiger charge is 2.38. The molecule has 6 heteroatoms. The maximum Gasteiger partial charge on any atom is 0.322 e. The summed E-state index contributed by atoms with van der Waals surface area (Å²) in [5.41, 5.74) is -1.56. The fourth-order valence-corrected chi connectivity index (χ4v) is 2.70. The van der Waals surface area contributed by atoms with E-state index in [-0.39, 0.29) is 5.56 Å². The number of hydrogen-bond acceptors (Lipinski definition) is 2. The highest BCUT2D eigenvalue weighted by atomic mass is 19.1. The van der Waals surface area contributed by atoms with Crippen LogP contribution in [0.4, 0.5) is 19.3 Å². The standard InChI is InChI=1S/C16H18F2N2O2/c1-4-10-8-11(17)14(12(18)9-10)19-15(21)20-7-5-6-13(20)16(2,3)22/h1,8-9,13,22H,5-7H2,2-3H3,(H,19,21). The van der Waals surface area contributed by atoms with Crippen LogP contribution in [0.3, 0.4) is 0 Å². The van der Waals surface area contributed by atoms with Crippen LogP contribution >= 0.6 is 0 Å². The van der Waals surface area contributed by atoms with Gasteiger partial charge in [-0.2, -0.15) is 0 Å². The van der Waals surface area contributed by atoms with Gasteiger partial charge in [-0.3, -0.25) is 0 Å². The van der Waals surface area contributed by atoms with E-state index < -0.39 is 35.0 Å². The number of urea groups is 1. The summed E-state index contributed by atoms with van der Waals surface area (Å²) in [4.78, 5) is 13.7. The van der Waals surface area contributed by atoms with E-state index in [0.717, 1.165) is 18.6 Å². The van der Waals surface area contributed by atoms with Crippen molar-refractivity contribution in [1.29, 1.82) is 0 Å². The molecule has 1 aliphatic rings. The number of nitrogens with zero attached hydrogens (tertiary/aromatic N) is 1. The van der Waals surface area contributed by atoms with Gasteiger partial charge in [0.05, 0.1) is 11.6 Å². The Labute approximate surface area is 128 Å². The molecule has 0 bridgehead atoms. The van der Waals surface area contributed by atoms with Crippen molar-refractivity contribution in [3.05, 3.63) is 29.3 Å². The van der Waals surface area contributed by atoms with Crippen molar-refractivity contribution in [3.8, 4) is 12.3 Å². The molecule has 0 spiro atoms. The molecule has 1 aromatic rings. The number of hydrogen-bond donors (Lipinski definition) is 2. The average molecular weight is 308 g/mol. The third-order valence-corrected chi connectivity index (χ3v) is 3.77. The van der Waals surface area contributed by atoms with E-state index in [1.807, 2.05) is 0 Å². The molecule has 1 unspecified atom stereocenters. The predicted molar refractivity (Wildman–Crippen MR) is 79.3 cm³/mol. The van der Waals surface area contributed by atoms with Crippen LogP contribution in [0.2, 0.25) is 0 Å². The van der Waals surface area contributed by atoms with E-state index in [9.17, 15) is 18.7 Å². The second kappa shape index (κ2) is 5.93. The lowest BCUT2D eigenvalue weighted by Gasteiger charge is -2.33. The number of amides is 2. The lowest BCUT2D eigenvalue weighted by Crippen LogP contribution is -2.49. The lowest BCUT2D eigenvalue weighted by atomic mass is 9.97. The average Bonchev–Trinajstić information content (AvgIpc) is 2.91. The number of carbonyl (C=O) groups excluding carboxylic acids is 1. The maximum atomic E-state index is 13.9. The number of benzene rings is 1. The summed E-state index contributed by atoms with van der Waals surface area (Å²) < 4.78 is 27.7. The minimum atomic E-state index is -1.09. The van der Waals surface area contributed by atoms with Crippen LogP contribution in [0.15, 0.2) is 12.1 Å². The summed E-state index contributed by atoms with van der Waals surface area (Å²) in [7, 11) is 0. The molecule has 4 nitrogen and oxygen atoms in total. The molecule has 118 valence electrons. The molecule has 1 atom stereocenters. The lowest BCUT2D eigenvalue weighted by molar-refractivity contribution is 0.0117. The number of nitrogens with one attached hydrogen (secondary N) is 1. The summed E-state index contributed by atoms with van der Waals surface area (Å²) in [6.07, 6.45) is 6.46. The van der Waals surface area contributed by atoms with Gasteiger partial charge in [-0.15, -0.1) is 6.42 Å². The predicted octanol–water partition coefficient (Wildman–Crippen LogP) is 2.71. The summed E-state index contributed by atoms with van der Waals surface area (Å²) >= 11 is 0. The van der Waals surface area contributed by atoms with E-state index >= 15 is 0 Å². The first-order valence-corrected chi connectivity index (χ1v) is 6.99. The number of terminal acetylenes is 1. The van der Waals surface area contributed by atoms with E-state index in [4.69, 9.17) is 6.42 Å². The van der Waals surface area contributed by atoms with E-state index in [1.54, 1.807) is 13.8 Å². The Balaban J connectivity index is 2.21. The molecule has 0 aliphatic carbocycles. The number of halogens is 2. The first-order valence-electron chi connectivity index (χ1n) is 6.99. The summed E-state index contributed by atoms with van der Waals surface area (Å²) in [6, 6.07) is 0.922. The summed E-state index contributed by atoms with van der Waals surface area (Å²) in [5, 5.41) is 12.3. The summed E-state index contributed by atoms with van der Waals surface area (Å²) in [6.45, 7) is 3.63. The van der Waals surface area contributed by atoms with Crippen molar-refractivity contribution in [2.75, 3.05) is 11.9 Å². The molecular formula is C16H18F2N2O2. The van der Waals surface area contributed by atoms with Crippen molar-refractivity contribution < 1.29 is 18.7 Å². The monoisotopic (exact) mass is 308 g/mol. The van der Waals surface area contributed by atoms with Gasteiger partial charge in [0.1, 0.15) is 5.69 Å². The highest BCUT2D eigenvalue weighted by Crippen LogP contribution is 2.28. The highest BCUT2D eigenvalue weighted by molar-refractivity contribution is 5.90. The molecule has 2 rings (SSSR count). The van der Waals surface area contributed by atoms with Gasteiger partial charge < -0.3 is 15.3 Å². The molecule has 0 radical (unpaired) electrons. The Morgan fingerprint density at radius 2 is 2.05 bits per heavy atom. The van der Waals surface area contributed by atoms with Gasteiger partial charge in [0.25, 0.3) is 0 Å². The number of likely N-dealkylation sites (tertiary alicyclic amines) is 1. The smallest absolute Gasteiger partial charge is 0.322 e. The van der Waals surface area contributed by atoms with Crippen LogP contribution in [0, 0.1) is 24.0 Å². The zero-order valence-electron chi connectivity index (χ0n) is 12.5. The Kier molecular flexibility index (Phi) is 4.38. The van der Waals surface area contributed by atoms with Gasteiger partial charge in [0, 0.05) is 12.1 Å². The van der Waals surface area contributed by atoms with Gasteiger partial charge in [0.15, 0.2) is 11.6 Å². The van der Waals surface area contributed by atoms with Gasteiger partial charge in [-0.05, 0) is 38.8 Å². The minimum Gasteiger partial charge on any atom is -0.388 e. The van der Waals surface area contributed by atoms with Crippen molar-refractivity contribution in [2.45, 2.75) is 38.3 Å². The second-order valence-electron chi connectivity index (χ2n) is 5.89. The molecular weight excluding hydrogens is 290 g/mol. The van der Waals surface area contributed by atoms with Crippen molar-refractivity contribution in [3.63, 3.8) is 0 Å². The van der Waals surface area contributed by atoms with E-state index in [1.165, 1.54) is 4.90 Å².